The van der Waals surface area contributed by atoms with Crippen molar-refractivity contribution in [1.29, 1.82) is 0 Å². The molecule has 0 atom stereocenters. The molecule has 3 aromatic rings. The molecule has 0 bridgehead atoms. The van der Waals surface area contributed by atoms with Gasteiger partial charge in [0.15, 0.2) is 0 Å². The van der Waals surface area contributed by atoms with Gasteiger partial charge in [0.2, 0.25) is 10.0 Å². The first-order valence-corrected chi connectivity index (χ1v) is 12.0. The highest BCUT2D eigenvalue weighted by Crippen LogP contribution is 2.38. The normalized spacial score (nSPS) is 11.8. The third-order valence-electron chi connectivity index (χ3n) is 4.86. The highest BCUT2D eigenvalue weighted by Gasteiger charge is 2.23. The lowest BCUT2D eigenvalue weighted by atomic mass is 9.83. The Morgan fingerprint density at radius 3 is 2.31 bits per heavy atom. The van der Waals surface area contributed by atoms with E-state index in [0.717, 1.165) is 22.9 Å². The van der Waals surface area contributed by atoms with E-state index in [9.17, 15) is 13.2 Å². The van der Waals surface area contributed by atoms with Gasteiger partial charge in [0.25, 0.3) is 5.56 Å². The number of benzene rings is 2. The van der Waals surface area contributed by atoms with Crippen molar-refractivity contribution in [3.8, 4) is 22.6 Å². The molecule has 1 aromatic heterocycles. The molecule has 8 heteroatoms. The molecule has 0 saturated carbocycles. The van der Waals surface area contributed by atoms with E-state index < -0.39 is 10.0 Å². The van der Waals surface area contributed by atoms with E-state index in [1.807, 2.05) is 12.1 Å². The minimum Gasteiger partial charge on any atom is -0.496 e. The highest BCUT2D eigenvalue weighted by molar-refractivity contribution is 7.92. The zero-order valence-electron chi connectivity index (χ0n) is 18.9. The smallest absolute Gasteiger partial charge is 0.255 e. The fourth-order valence-corrected chi connectivity index (χ4v) is 3.96. The van der Waals surface area contributed by atoms with Crippen molar-refractivity contribution < 1.29 is 17.9 Å². The van der Waals surface area contributed by atoms with Gasteiger partial charge in [-0.25, -0.2) is 8.42 Å². The lowest BCUT2D eigenvalue weighted by Gasteiger charge is -2.25. The molecule has 0 unspecified atom stereocenters. The Hall–Kier alpha value is -3.26. The molecule has 0 aliphatic carbocycles. The van der Waals surface area contributed by atoms with E-state index in [1.54, 1.807) is 49.7 Å². The number of aromatic nitrogens is 1. The molecule has 7 nitrogen and oxygen atoms in total. The zero-order valence-corrected chi connectivity index (χ0v) is 19.7. The molecule has 3 rings (SSSR count). The maximum atomic E-state index is 12.4. The van der Waals surface area contributed by atoms with Crippen LogP contribution in [0.5, 0.6) is 11.5 Å². The Labute approximate surface area is 188 Å². The topological polar surface area (TPSA) is 97.5 Å². The molecule has 0 amide bonds. The molecule has 0 aliphatic rings. The number of H-pyrrole nitrogens is 1. The van der Waals surface area contributed by atoms with Crippen LogP contribution in [0.15, 0.2) is 59.5 Å². The van der Waals surface area contributed by atoms with Crippen LogP contribution in [0.4, 0.5) is 5.69 Å². The predicted octanol–water partition coefficient (Wildman–Crippen LogP) is 4.30. The number of rotatable bonds is 7. The van der Waals surface area contributed by atoms with E-state index in [0.29, 0.717) is 22.7 Å². The van der Waals surface area contributed by atoms with E-state index in [2.05, 4.69) is 30.5 Å². The van der Waals surface area contributed by atoms with Crippen LogP contribution in [0.2, 0.25) is 0 Å². The SMILES string of the molecule is COc1c(COc2ccc(NS(C)(=O)=O)cc2)cc(-c2ccc[nH]c2=O)cc1C(C)(C)C. The maximum absolute atomic E-state index is 12.4. The Bertz CT molecular complexity index is 1260. The summed E-state index contributed by atoms with van der Waals surface area (Å²) >= 11 is 0. The second-order valence-corrected chi connectivity index (χ2v) is 10.3. The molecule has 0 saturated heterocycles. The summed E-state index contributed by atoms with van der Waals surface area (Å²) in [7, 11) is -1.72. The first kappa shape index (κ1) is 23.4. The minimum atomic E-state index is -3.34. The van der Waals surface area contributed by atoms with Crippen LogP contribution < -0.4 is 19.8 Å². The molecule has 2 aromatic carbocycles. The van der Waals surface area contributed by atoms with Crippen molar-refractivity contribution in [2.45, 2.75) is 32.8 Å². The fourth-order valence-electron chi connectivity index (χ4n) is 3.39. The predicted molar refractivity (Wildman–Crippen MR) is 127 cm³/mol. The number of ether oxygens (including phenoxy) is 2. The summed E-state index contributed by atoms with van der Waals surface area (Å²) in [6, 6.07) is 14.1. The third kappa shape index (κ3) is 5.70. The van der Waals surface area contributed by atoms with Gasteiger partial charge >= 0.3 is 0 Å². The van der Waals surface area contributed by atoms with E-state index in [1.165, 1.54) is 0 Å². The standard InChI is InChI=1S/C24H28N2O5S/c1-24(2,3)21-14-16(20-7-6-12-25-23(20)27)13-17(22(21)30-4)15-31-19-10-8-18(9-11-19)26-32(5,28)29/h6-14,26H,15H2,1-5H3,(H,25,27). The monoisotopic (exact) mass is 456 g/mol. The summed E-state index contributed by atoms with van der Waals surface area (Å²) in [4.78, 5) is 15.1. The maximum Gasteiger partial charge on any atom is 0.255 e. The number of hydrogen-bond acceptors (Lipinski definition) is 5. The molecule has 0 fully saturated rings. The van der Waals surface area contributed by atoms with Crippen molar-refractivity contribution in [3.05, 3.63) is 76.2 Å². The summed E-state index contributed by atoms with van der Waals surface area (Å²) in [6.07, 6.45) is 2.70. The Balaban J connectivity index is 1.97. The fraction of sp³-hybridized carbons (Fsp3) is 0.292. The number of nitrogens with one attached hydrogen (secondary N) is 2. The van der Waals surface area contributed by atoms with Crippen LogP contribution >= 0.6 is 0 Å². The van der Waals surface area contributed by atoms with Crippen molar-refractivity contribution >= 4 is 15.7 Å². The molecule has 170 valence electrons. The number of pyridine rings is 1. The van der Waals surface area contributed by atoms with Gasteiger partial charge in [-0.05, 0) is 59.5 Å². The van der Waals surface area contributed by atoms with E-state index in [4.69, 9.17) is 9.47 Å². The van der Waals surface area contributed by atoms with Crippen LogP contribution in [-0.2, 0) is 22.0 Å². The van der Waals surface area contributed by atoms with Crippen LogP contribution in [0.3, 0.4) is 0 Å². The summed E-state index contributed by atoms with van der Waals surface area (Å²) in [6.45, 7) is 6.47. The van der Waals surface area contributed by atoms with Gasteiger partial charge in [-0.3, -0.25) is 9.52 Å². The molecular weight excluding hydrogens is 428 g/mol. The molecule has 0 radical (unpaired) electrons. The van der Waals surface area contributed by atoms with Gasteiger partial charge in [0.1, 0.15) is 18.1 Å². The Morgan fingerprint density at radius 1 is 1.06 bits per heavy atom. The number of sulfonamides is 1. The molecule has 32 heavy (non-hydrogen) atoms. The summed E-state index contributed by atoms with van der Waals surface area (Å²) in [5.74, 6) is 1.29. The van der Waals surface area contributed by atoms with Gasteiger partial charge in [0, 0.05) is 28.6 Å². The molecule has 1 heterocycles. The molecular formula is C24H28N2O5S. The third-order valence-corrected chi connectivity index (χ3v) is 5.47. The van der Waals surface area contributed by atoms with Crippen molar-refractivity contribution in [3.63, 3.8) is 0 Å². The van der Waals surface area contributed by atoms with Gasteiger partial charge in [-0.1, -0.05) is 20.8 Å². The van der Waals surface area contributed by atoms with Gasteiger partial charge in [0.05, 0.1) is 13.4 Å². The first-order valence-electron chi connectivity index (χ1n) is 10.1. The van der Waals surface area contributed by atoms with Gasteiger partial charge < -0.3 is 14.5 Å². The number of hydrogen-bond donors (Lipinski definition) is 2. The van der Waals surface area contributed by atoms with Crippen LogP contribution in [0, 0.1) is 0 Å². The minimum absolute atomic E-state index is 0.168. The Kier molecular flexibility index (Phi) is 6.64. The lowest BCUT2D eigenvalue weighted by molar-refractivity contribution is 0.295. The zero-order chi connectivity index (χ0) is 23.5. The molecule has 2 N–H and O–H groups in total. The Morgan fingerprint density at radius 2 is 1.75 bits per heavy atom. The number of aromatic amines is 1. The average molecular weight is 457 g/mol. The van der Waals surface area contributed by atoms with Crippen LogP contribution in [-0.4, -0.2) is 26.8 Å². The van der Waals surface area contributed by atoms with Crippen molar-refractivity contribution in [2.24, 2.45) is 0 Å². The lowest BCUT2D eigenvalue weighted by Crippen LogP contribution is -2.16. The van der Waals surface area contributed by atoms with E-state index in [-0.39, 0.29) is 17.6 Å². The van der Waals surface area contributed by atoms with Crippen LogP contribution in [0.1, 0.15) is 31.9 Å². The average Bonchev–Trinajstić information content (AvgIpc) is 2.71. The largest absolute Gasteiger partial charge is 0.496 e. The quantitative estimate of drug-likeness (QED) is 0.552. The highest BCUT2D eigenvalue weighted by atomic mass is 32.2. The summed E-state index contributed by atoms with van der Waals surface area (Å²) in [5.41, 5.74) is 3.18. The van der Waals surface area contributed by atoms with Crippen LogP contribution in [0.25, 0.3) is 11.1 Å². The second kappa shape index (κ2) is 9.08. The summed E-state index contributed by atoms with van der Waals surface area (Å²) < 4.78 is 36.9. The number of methoxy groups -OCH3 is 1. The second-order valence-electron chi connectivity index (χ2n) is 8.57. The molecule has 0 spiro atoms. The molecule has 0 aliphatic heterocycles. The van der Waals surface area contributed by atoms with Crippen molar-refractivity contribution in [1.82, 2.24) is 4.98 Å². The van der Waals surface area contributed by atoms with Gasteiger partial charge in [-0.15, -0.1) is 0 Å². The van der Waals surface area contributed by atoms with Gasteiger partial charge in [-0.2, -0.15) is 0 Å². The summed E-state index contributed by atoms with van der Waals surface area (Å²) in [5, 5.41) is 0. The number of anilines is 1. The van der Waals surface area contributed by atoms with Crippen molar-refractivity contribution in [2.75, 3.05) is 18.1 Å². The first-order chi connectivity index (χ1) is 15.0. The van der Waals surface area contributed by atoms with E-state index >= 15 is 0 Å².